The van der Waals surface area contributed by atoms with Gasteiger partial charge < -0.3 is 10.6 Å². The SMILES string of the molecule is N#Cc1ccccc1Nc1ccnc(C(=O)Nc2ccc(F)c(Cl)c2)c1. The zero-order valence-electron chi connectivity index (χ0n) is 13.3. The van der Waals surface area contributed by atoms with Crippen LogP contribution in [0, 0.1) is 17.1 Å². The molecule has 0 bridgehead atoms. The quantitative estimate of drug-likeness (QED) is 0.699. The lowest BCUT2D eigenvalue weighted by molar-refractivity contribution is 0.102. The van der Waals surface area contributed by atoms with E-state index in [2.05, 4.69) is 21.7 Å². The van der Waals surface area contributed by atoms with Crippen LogP contribution in [-0.4, -0.2) is 10.9 Å². The van der Waals surface area contributed by atoms with E-state index in [1.165, 1.54) is 24.4 Å². The number of para-hydroxylation sites is 1. The van der Waals surface area contributed by atoms with Crippen molar-refractivity contribution in [1.29, 1.82) is 5.26 Å². The van der Waals surface area contributed by atoms with Crippen LogP contribution in [0.3, 0.4) is 0 Å². The largest absolute Gasteiger partial charge is 0.354 e. The van der Waals surface area contributed by atoms with Gasteiger partial charge >= 0.3 is 0 Å². The molecule has 1 aromatic heterocycles. The highest BCUT2D eigenvalue weighted by Crippen LogP contribution is 2.22. The van der Waals surface area contributed by atoms with E-state index < -0.39 is 11.7 Å². The highest BCUT2D eigenvalue weighted by molar-refractivity contribution is 6.31. The molecule has 128 valence electrons. The van der Waals surface area contributed by atoms with E-state index in [0.717, 1.165) is 0 Å². The third-order valence-corrected chi connectivity index (χ3v) is 3.79. The van der Waals surface area contributed by atoms with Crippen LogP contribution < -0.4 is 10.6 Å². The van der Waals surface area contributed by atoms with Gasteiger partial charge in [0.2, 0.25) is 0 Å². The van der Waals surface area contributed by atoms with E-state index in [9.17, 15) is 9.18 Å². The number of hydrogen-bond donors (Lipinski definition) is 2. The fourth-order valence-corrected chi connectivity index (χ4v) is 2.43. The van der Waals surface area contributed by atoms with Crippen molar-refractivity contribution in [2.75, 3.05) is 10.6 Å². The molecule has 3 aromatic rings. The monoisotopic (exact) mass is 366 g/mol. The minimum absolute atomic E-state index is 0.0840. The second kappa shape index (κ2) is 7.64. The summed E-state index contributed by atoms with van der Waals surface area (Å²) in [6.07, 6.45) is 1.48. The molecule has 0 fully saturated rings. The van der Waals surface area contributed by atoms with E-state index in [4.69, 9.17) is 16.9 Å². The number of hydrogen-bond acceptors (Lipinski definition) is 4. The second-order valence-corrected chi connectivity index (χ2v) is 5.70. The number of carbonyl (C=O) groups is 1. The molecule has 0 spiro atoms. The molecule has 5 nitrogen and oxygen atoms in total. The molecule has 2 N–H and O–H groups in total. The first-order chi connectivity index (χ1) is 12.6. The molecule has 7 heteroatoms. The number of anilines is 3. The Morgan fingerprint density at radius 3 is 2.69 bits per heavy atom. The molecule has 0 saturated heterocycles. The summed E-state index contributed by atoms with van der Waals surface area (Å²) in [5.74, 6) is -1.03. The summed E-state index contributed by atoms with van der Waals surface area (Å²) in [5, 5.41) is 14.8. The van der Waals surface area contributed by atoms with Crippen LogP contribution in [0.25, 0.3) is 0 Å². The number of carbonyl (C=O) groups excluding carboxylic acids is 1. The van der Waals surface area contributed by atoms with Crippen molar-refractivity contribution in [3.8, 4) is 6.07 Å². The molecule has 0 atom stereocenters. The van der Waals surface area contributed by atoms with Gasteiger partial charge in [0, 0.05) is 17.6 Å². The highest BCUT2D eigenvalue weighted by atomic mass is 35.5. The zero-order chi connectivity index (χ0) is 18.5. The van der Waals surface area contributed by atoms with Crippen LogP contribution in [0.2, 0.25) is 5.02 Å². The summed E-state index contributed by atoms with van der Waals surface area (Å²) in [7, 11) is 0. The van der Waals surface area contributed by atoms with Crippen LogP contribution >= 0.6 is 11.6 Å². The molecular weight excluding hydrogens is 355 g/mol. The Labute approximate surface area is 154 Å². The van der Waals surface area contributed by atoms with Crippen molar-refractivity contribution in [2.24, 2.45) is 0 Å². The van der Waals surface area contributed by atoms with Crippen molar-refractivity contribution >= 4 is 34.6 Å². The number of amides is 1. The Morgan fingerprint density at radius 1 is 1.12 bits per heavy atom. The lowest BCUT2D eigenvalue weighted by atomic mass is 10.2. The third-order valence-electron chi connectivity index (χ3n) is 3.50. The predicted molar refractivity (Wildman–Crippen MR) is 98.0 cm³/mol. The number of halogens is 2. The fraction of sp³-hybridized carbons (Fsp3) is 0. The summed E-state index contributed by atoms with van der Waals surface area (Å²) in [4.78, 5) is 16.4. The molecule has 0 radical (unpaired) electrons. The Bertz CT molecular complexity index is 1020. The summed E-state index contributed by atoms with van der Waals surface area (Å²) in [6.45, 7) is 0. The molecule has 3 rings (SSSR count). The molecule has 0 saturated carbocycles. The fourth-order valence-electron chi connectivity index (χ4n) is 2.25. The molecule has 0 aliphatic rings. The van der Waals surface area contributed by atoms with Gasteiger partial charge in [0.25, 0.3) is 5.91 Å². The van der Waals surface area contributed by atoms with E-state index in [1.807, 2.05) is 0 Å². The van der Waals surface area contributed by atoms with Gasteiger partial charge in [-0.05, 0) is 42.5 Å². The van der Waals surface area contributed by atoms with E-state index in [-0.39, 0.29) is 10.7 Å². The molecule has 0 aliphatic carbocycles. The van der Waals surface area contributed by atoms with Crippen LogP contribution in [0.1, 0.15) is 16.1 Å². The summed E-state index contributed by atoms with van der Waals surface area (Å²) in [6, 6.07) is 16.2. The summed E-state index contributed by atoms with van der Waals surface area (Å²) < 4.78 is 13.2. The Kier molecular flexibility index (Phi) is 5.11. The lowest BCUT2D eigenvalue weighted by Crippen LogP contribution is -2.14. The van der Waals surface area contributed by atoms with Gasteiger partial charge in [0.1, 0.15) is 17.6 Å². The van der Waals surface area contributed by atoms with Gasteiger partial charge in [-0.25, -0.2) is 4.39 Å². The Balaban J connectivity index is 1.79. The molecule has 2 aromatic carbocycles. The standard InChI is InChI=1S/C19H12ClFN4O/c20-15-9-13(5-6-16(15)21)25-19(26)18-10-14(7-8-23-18)24-17-4-2-1-3-12(17)11-22/h1-10H,(H,23,24)(H,25,26). The first kappa shape index (κ1) is 17.4. The van der Waals surface area contributed by atoms with Gasteiger partial charge in [0.05, 0.1) is 16.3 Å². The maximum atomic E-state index is 13.2. The maximum absolute atomic E-state index is 13.2. The molecule has 0 aliphatic heterocycles. The topological polar surface area (TPSA) is 77.8 Å². The number of rotatable bonds is 4. The van der Waals surface area contributed by atoms with E-state index >= 15 is 0 Å². The van der Waals surface area contributed by atoms with Crippen molar-refractivity contribution in [1.82, 2.24) is 4.98 Å². The van der Waals surface area contributed by atoms with Crippen LogP contribution in [-0.2, 0) is 0 Å². The first-order valence-corrected chi connectivity index (χ1v) is 7.93. The average Bonchev–Trinajstić information content (AvgIpc) is 2.65. The van der Waals surface area contributed by atoms with Crippen LogP contribution in [0.5, 0.6) is 0 Å². The van der Waals surface area contributed by atoms with Gasteiger partial charge in [-0.15, -0.1) is 0 Å². The van der Waals surface area contributed by atoms with Gasteiger partial charge in [-0.3, -0.25) is 9.78 Å². The minimum Gasteiger partial charge on any atom is -0.354 e. The third kappa shape index (κ3) is 3.97. The van der Waals surface area contributed by atoms with Gasteiger partial charge in [-0.2, -0.15) is 5.26 Å². The Hall–Kier alpha value is -3.43. The smallest absolute Gasteiger partial charge is 0.274 e. The second-order valence-electron chi connectivity index (χ2n) is 5.30. The van der Waals surface area contributed by atoms with Crippen molar-refractivity contribution in [2.45, 2.75) is 0 Å². The van der Waals surface area contributed by atoms with Crippen molar-refractivity contribution in [3.05, 3.63) is 82.9 Å². The molecular formula is C19H12ClFN4O. The lowest BCUT2D eigenvalue weighted by Gasteiger charge is -2.10. The molecule has 0 unspecified atom stereocenters. The zero-order valence-corrected chi connectivity index (χ0v) is 14.1. The minimum atomic E-state index is -0.565. The van der Waals surface area contributed by atoms with Crippen molar-refractivity contribution < 1.29 is 9.18 Å². The summed E-state index contributed by atoms with van der Waals surface area (Å²) in [5.41, 5.74) is 2.22. The van der Waals surface area contributed by atoms with E-state index in [0.29, 0.717) is 22.6 Å². The highest BCUT2D eigenvalue weighted by Gasteiger charge is 2.10. The van der Waals surface area contributed by atoms with Crippen LogP contribution in [0.15, 0.2) is 60.8 Å². The molecule has 1 amide bonds. The number of aromatic nitrogens is 1. The maximum Gasteiger partial charge on any atom is 0.274 e. The number of pyridine rings is 1. The number of nitrogens with zero attached hydrogens (tertiary/aromatic N) is 2. The van der Waals surface area contributed by atoms with Crippen molar-refractivity contribution in [3.63, 3.8) is 0 Å². The number of nitriles is 1. The Morgan fingerprint density at radius 2 is 1.92 bits per heavy atom. The van der Waals surface area contributed by atoms with Gasteiger partial charge in [0.15, 0.2) is 0 Å². The predicted octanol–water partition coefficient (Wildman–Crippen LogP) is 4.74. The van der Waals surface area contributed by atoms with Crippen LogP contribution in [0.4, 0.5) is 21.5 Å². The van der Waals surface area contributed by atoms with E-state index in [1.54, 1.807) is 36.4 Å². The average molecular weight is 367 g/mol. The normalized spacial score (nSPS) is 10.0. The number of nitrogens with one attached hydrogen (secondary N) is 2. The summed E-state index contributed by atoms with van der Waals surface area (Å²) >= 11 is 5.71. The first-order valence-electron chi connectivity index (χ1n) is 7.55. The van der Waals surface area contributed by atoms with Gasteiger partial charge in [-0.1, -0.05) is 23.7 Å². The number of benzene rings is 2. The molecule has 1 heterocycles. The molecule has 26 heavy (non-hydrogen) atoms.